The number of aliphatic hydroxyl groups excluding tert-OH is 1. The number of hydrogen-bond acceptors (Lipinski definition) is 3. The minimum absolute atomic E-state index is 0.00931. The highest BCUT2D eigenvalue weighted by molar-refractivity contribution is 5.65. The molecule has 104 valence electrons. The molecule has 5 heteroatoms. The van der Waals surface area contributed by atoms with Crippen LogP contribution in [0.5, 0.6) is 0 Å². The third-order valence-corrected chi connectivity index (χ3v) is 3.67. The lowest BCUT2D eigenvalue weighted by Gasteiger charge is -2.37. The molecule has 1 aromatic rings. The molecule has 19 heavy (non-hydrogen) atoms. The van der Waals surface area contributed by atoms with E-state index in [2.05, 4.69) is 5.32 Å². The molecule has 0 radical (unpaired) electrons. The molecule has 1 saturated heterocycles. The maximum absolute atomic E-state index is 11.0. The number of amides is 1. The Bertz CT molecular complexity index is 410. The van der Waals surface area contributed by atoms with Crippen LogP contribution in [0.4, 0.5) is 4.79 Å². The Morgan fingerprint density at radius 1 is 1.37 bits per heavy atom. The van der Waals surface area contributed by atoms with E-state index in [-0.39, 0.29) is 18.6 Å². The van der Waals surface area contributed by atoms with Crippen molar-refractivity contribution < 1.29 is 15.0 Å². The first kappa shape index (κ1) is 13.8. The third kappa shape index (κ3) is 3.68. The summed E-state index contributed by atoms with van der Waals surface area (Å²) in [5, 5.41) is 21.8. The van der Waals surface area contributed by atoms with E-state index < -0.39 is 6.09 Å². The van der Waals surface area contributed by atoms with E-state index >= 15 is 0 Å². The molecule has 1 amide bonds. The Morgan fingerprint density at radius 2 is 2.11 bits per heavy atom. The number of carbonyl (C=O) groups is 1. The molecule has 0 unspecified atom stereocenters. The molecule has 0 aliphatic carbocycles. The Hall–Kier alpha value is -1.59. The average molecular weight is 264 g/mol. The SMILES string of the molecule is O=C(O)N1CC[C@@H](CO)[C@@H](NCc2ccccc2)C1. The van der Waals surface area contributed by atoms with Crippen molar-refractivity contribution in [2.75, 3.05) is 19.7 Å². The molecule has 1 heterocycles. The van der Waals surface area contributed by atoms with Gasteiger partial charge < -0.3 is 20.4 Å². The molecule has 0 spiro atoms. The van der Waals surface area contributed by atoms with Gasteiger partial charge in [-0.1, -0.05) is 30.3 Å². The summed E-state index contributed by atoms with van der Waals surface area (Å²) in [6, 6.07) is 9.98. The van der Waals surface area contributed by atoms with E-state index in [9.17, 15) is 9.90 Å². The number of nitrogens with one attached hydrogen (secondary N) is 1. The van der Waals surface area contributed by atoms with E-state index in [1.54, 1.807) is 0 Å². The van der Waals surface area contributed by atoms with Gasteiger partial charge in [-0.2, -0.15) is 0 Å². The normalized spacial score (nSPS) is 23.3. The Kier molecular flexibility index (Phi) is 4.76. The van der Waals surface area contributed by atoms with Crippen LogP contribution in [-0.2, 0) is 6.54 Å². The van der Waals surface area contributed by atoms with Gasteiger partial charge in [0.15, 0.2) is 0 Å². The Morgan fingerprint density at radius 3 is 2.74 bits per heavy atom. The fraction of sp³-hybridized carbons (Fsp3) is 0.500. The standard InChI is InChI=1S/C14H20N2O3/c17-10-12-6-7-16(14(18)19)9-13(12)15-8-11-4-2-1-3-5-11/h1-5,12-13,15,17H,6-10H2,(H,18,19)/t12-,13-/m0/s1. The van der Waals surface area contributed by atoms with Crippen molar-refractivity contribution in [2.45, 2.75) is 19.0 Å². The van der Waals surface area contributed by atoms with Gasteiger partial charge in [0.05, 0.1) is 0 Å². The minimum atomic E-state index is -0.886. The lowest BCUT2D eigenvalue weighted by atomic mass is 9.92. The molecule has 1 aliphatic rings. The predicted octanol–water partition coefficient (Wildman–Crippen LogP) is 1.14. The molecule has 2 atom stereocenters. The van der Waals surface area contributed by atoms with E-state index in [0.29, 0.717) is 26.1 Å². The first-order valence-electron chi connectivity index (χ1n) is 6.56. The van der Waals surface area contributed by atoms with Crippen LogP contribution >= 0.6 is 0 Å². The van der Waals surface area contributed by atoms with Gasteiger partial charge in [0.2, 0.25) is 0 Å². The number of piperidine rings is 1. The van der Waals surface area contributed by atoms with Crippen LogP contribution in [0, 0.1) is 5.92 Å². The van der Waals surface area contributed by atoms with Crippen LogP contribution in [-0.4, -0.2) is 46.9 Å². The van der Waals surface area contributed by atoms with Crippen molar-refractivity contribution >= 4 is 6.09 Å². The Labute approximate surface area is 112 Å². The van der Waals surface area contributed by atoms with Crippen LogP contribution in [0.1, 0.15) is 12.0 Å². The topological polar surface area (TPSA) is 72.8 Å². The van der Waals surface area contributed by atoms with E-state index in [0.717, 1.165) is 5.56 Å². The Balaban J connectivity index is 1.93. The van der Waals surface area contributed by atoms with Gasteiger partial charge in [-0.05, 0) is 12.0 Å². The first-order valence-corrected chi connectivity index (χ1v) is 6.56. The minimum Gasteiger partial charge on any atom is -0.465 e. The van der Waals surface area contributed by atoms with Crippen LogP contribution < -0.4 is 5.32 Å². The quantitative estimate of drug-likeness (QED) is 0.762. The van der Waals surface area contributed by atoms with Gasteiger partial charge in [-0.15, -0.1) is 0 Å². The molecule has 2 rings (SSSR count). The summed E-state index contributed by atoms with van der Waals surface area (Å²) in [5.74, 6) is 0.124. The van der Waals surface area contributed by atoms with Crippen LogP contribution in [0.3, 0.4) is 0 Å². The maximum Gasteiger partial charge on any atom is 0.407 e. The molecule has 1 aromatic carbocycles. The number of benzene rings is 1. The highest BCUT2D eigenvalue weighted by Crippen LogP contribution is 2.18. The summed E-state index contributed by atoms with van der Waals surface area (Å²) < 4.78 is 0. The fourth-order valence-corrected chi connectivity index (χ4v) is 2.47. The highest BCUT2D eigenvalue weighted by Gasteiger charge is 2.30. The molecular formula is C14H20N2O3. The number of rotatable bonds is 4. The number of likely N-dealkylation sites (tertiary alicyclic amines) is 1. The largest absolute Gasteiger partial charge is 0.465 e. The van der Waals surface area contributed by atoms with Crippen molar-refractivity contribution in [3.63, 3.8) is 0 Å². The van der Waals surface area contributed by atoms with Crippen molar-refractivity contribution in [2.24, 2.45) is 5.92 Å². The average Bonchev–Trinajstić information content (AvgIpc) is 2.45. The summed E-state index contributed by atoms with van der Waals surface area (Å²) in [5.41, 5.74) is 1.16. The van der Waals surface area contributed by atoms with Crippen LogP contribution in [0.25, 0.3) is 0 Å². The van der Waals surface area contributed by atoms with E-state index in [4.69, 9.17) is 5.11 Å². The molecule has 0 bridgehead atoms. The van der Waals surface area contributed by atoms with E-state index in [1.807, 2.05) is 30.3 Å². The van der Waals surface area contributed by atoms with Gasteiger partial charge in [0, 0.05) is 38.2 Å². The number of aliphatic hydroxyl groups is 1. The van der Waals surface area contributed by atoms with Crippen molar-refractivity contribution in [1.82, 2.24) is 10.2 Å². The molecular weight excluding hydrogens is 244 g/mol. The van der Waals surface area contributed by atoms with Crippen molar-refractivity contribution in [3.8, 4) is 0 Å². The van der Waals surface area contributed by atoms with Crippen molar-refractivity contribution in [3.05, 3.63) is 35.9 Å². The second-order valence-corrected chi connectivity index (χ2v) is 4.93. The zero-order chi connectivity index (χ0) is 13.7. The second-order valence-electron chi connectivity index (χ2n) is 4.93. The molecule has 1 aliphatic heterocycles. The predicted molar refractivity (Wildman–Crippen MR) is 71.9 cm³/mol. The smallest absolute Gasteiger partial charge is 0.407 e. The van der Waals surface area contributed by atoms with Crippen molar-refractivity contribution in [1.29, 1.82) is 0 Å². The molecule has 5 nitrogen and oxygen atoms in total. The van der Waals surface area contributed by atoms with Crippen LogP contribution in [0.15, 0.2) is 30.3 Å². The van der Waals surface area contributed by atoms with Crippen LogP contribution in [0.2, 0.25) is 0 Å². The summed E-state index contributed by atoms with van der Waals surface area (Å²) >= 11 is 0. The summed E-state index contributed by atoms with van der Waals surface area (Å²) in [4.78, 5) is 12.4. The number of nitrogens with zero attached hydrogens (tertiary/aromatic N) is 1. The van der Waals surface area contributed by atoms with Gasteiger partial charge in [0.1, 0.15) is 0 Å². The first-order chi connectivity index (χ1) is 9.20. The lowest BCUT2D eigenvalue weighted by molar-refractivity contribution is 0.0840. The summed E-state index contributed by atoms with van der Waals surface area (Å²) in [6.45, 7) is 1.73. The van der Waals surface area contributed by atoms with Gasteiger partial charge in [-0.3, -0.25) is 0 Å². The van der Waals surface area contributed by atoms with E-state index in [1.165, 1.54) is 4.90 Å². The lowest BCUT2D eigenvalue weighted by Crippen LogP contribution is -2.53. The maximum atomic E-state index is 11.0. The third-order valence-electron chi connectivity index (χ3n) is 3.67. The zero-order valence-corrected chi connectivity index (χ0v) is 10.8. The molecule has 3 N–H and O–H groups in total. The van der Waals surface area contributed by atoms with Gasteiger partial charge in [-0.25, -0.2) is 4.79 Å². The molecule has 0 saturated carbocycles. The summed E-state index contributed by atoms with van der Waals surface area (Å²) in [7, 11) is 0. The number of carboxylic acid groups (broad SMARTS) is 1. The zero-order valence-electron chi connectivity index (χ0n) is 10.8. The van der Waals surface area contributed by atoms with Gasteiger partial charge in [0.25, 0.3) is 0 Å². The second kappa shape index (κ2) is 6.54. The molecule has 1 fully saturated rings. The number of hydrogen-bond donors (Lipinski definition) is 3. The fourth-order valence-electron chi connectivity index (χ4n) is 2.47. The summed E-state index contributed by atoms with van der Waals surface area (Å²) in [6.07, 6.45) is -0.183. The monoisotopic (exact) mass is 264 g/mol. The van der Waals surface area contributed by atoms with Gasteiger partial charge >= 0.3 is 6.09 Å². The highest BCUT2D eigenvalue weighted by atomic mass is 16.4. The molecule has 0 aromatic heterocycles.